The molecule has 0 unspecified atom stereocenters. The van der Waals surface area contributed by atoms with E-state index < -0.39 is 5.91 Å². The molecule has 0 bridgehead atoms. The van der Waals surface area contributed by atoms with Crippen molar-refractivity contribution in [3.63, 3.8) is 0 Å². The predicted octanol–water partition coefficient (Wildman–Crippen LogP) is 4.21. The fourth-order valence-corrected chi connectivity index (χ4v) is 3.77. The number of furan rings is 1. The van der Waals surface area contributed by atoms with Gasteiger partial charge in [0.25, 0.3) is 11.8 Å². The zero-order chi connectivity index (χ0) is 21.3. The average molecular weight is 437 g/mol. The van der Waals surface area contributed by atoms with Gasteiger partial charge in [0.05, 0.1) is 15.6 Å². The lowest BCUT2D eigenvalue weighted by Gasteiger charge is -2.27. The Balaban J connectivity index is 1.57. The topological polar surface area (TPSA) is 88.4 Å². The van der Waals surface area contributed by atoms with E-state index in [9.17, 15) is 14.4 Å². The molecule has 8 heteroatoms. The molecule has 2 amide bonds. The number of ketones is 1. The van der Waals surface area contributed by atoms with Crippen LogP contribution in [0, 0.1) is 12.3 Å². The number of amides is 2. The van der Waals surface area contributed by atoms with E-state index >= 15 is 0 Å². The van der Waals surface area contributed by atoms with Gasteiger partial charge in [0.15, 0.2) is 11.5 Å². The smallest absolute Gasteiger partial charge is 0.287 e. The van der Waals surface area contributed by atoms with Gasteiger partial charge in [0.1, 0.15) is 5.76 Å². The van der Waals surface area contributed by atoms with Crippen LogP contribution in [-0.2, 0) is 6.42 Å². The van der Waals surface area contributed by atoms with E-state index in [2.05, 4.69) is 10.6 Å². The van der Waals surface area contributed by atoms with Crippen molar-refractivity contribution in [1.29, 1.82) is 0 Å². The SMILES string of the molecule is Cc1c(C(=O)NCCNC(=O)c2ccc(Cl)c(Cl)c2)oc2c1C(=O)CC(C)(C)C2. The third kappa shape index (κ3) is 4.65. The fraction of sp³-hybridized carbons (Fsp3) is 0.381. The van der Waals surface area contributed by atoms with Crippen molar-refractivity contribution in [2.75, 3.05) is 13.1 Å². The molecule has 0 saturated heterocycles. The van der Waals surface area contributed by atoms with Gasteiger partial charge in [-0.05, 0) is 30.5 Å². The van der Waals surface area contributed by atoms with Crippen LogP contribution in [0.2, 0.25) is 10.0 Å². The minimum atomic E-state index is -0.411. The Morgan fingerprint density at radius 1 is 1.07 bits per heavy atom. The summed E-state index contributed by atoms with van der Waals surface area (Å²) in [6, 6.07) is 4.59. The van der Waals surface area contributed by atoms with Gasteiger partial charge in [-0.15, -0.1) is 0 Å². The van der Waals surface area contributed by atoms with Crippen molar-refractivity contribution in [3.05, 3.63) is 56.5 Å². The van der Waals surface area contributed by atoms with Crippen LogP contribution < -0.4 is 10.6 Å². The minimum Gasteiger partial charge on any atom is -0.455 e. The van der Waals surface area contributed by atoms with Crippen LogP contribution in [0.1, 0.15) is 62.9 Å². The number of benzene rings is 1. The summed E-state index contributed by atoms with van der Waals surface area (Å²) in [6.07, 6.45) is 1.05. The van der Waals surface area contributed by atoms with Crippen LogP contribution in [0.4, 0.5) is 0 Å². The van der Waals surface area contributed by atoms with Crippen molar-refractivity contribution in [3.8, 4) is 0 Å². The van der Waals surface area contributed by atoms with E-state index in [4.69, 9.17) is 27.6 Å². The Labute approximate surface area is 178 Å². The van der Waals surface area contributed by atoms with Crippen molar-refractivity contribution < 1.29 is 18.8 Å². The molecule has 0 radical (unpaired) electrons. The van der Waals surface area contributed by atoms with Gasteiger partial charge < -0.3 is 15.1 Å². The molecule has 6 nitrogen and oxygen atoms in total. The largest absolute Gasteiger partial charge is 0.455 e. The molecule has 1 aromatic carbocycles. The van der Waals surface area contributed by atoms with E-state index in [0.717, 1.165) is 0 Å². The van der Waals surface area contributed by atoms with E-state index in [1.54, 1.807) is 19.1 Å². The Morgan fingerprint density at radius 2 is 1.72 bits per heavy atom. The first kappa shape index (κ1) is 21.4. The second-order valence-electron chi connectivity index (χ2n) is 7.94. The summed E-state index contributed by atoms with van der Waals surface area (Å²) in [6.45, 7) is 6.15. The summed E-state index contributed by atoms with van der Waals surface area (Å²) < 4.78 is 5.73. The molecule has 2 aromatic rings. The van der Waals surface area contributed by atoms with Crippen LogP contribution in [0.3, 0.4) is 0 Å². The molecule has 0 atom stereocenters. The van der Waals surface area contributed by atoms with Crippen LogP contribution in [-0.4, -0.2) is 30.7 Å². The number of carbonyl (C=O) groups is 3. The quantitative estimate of drug-likeness (QED) is 0.686. The number of halogens is 2. The lowest BCUT2D eigenvalue weighted by atomic mass is 9.76. The first-order valence-corrected chi connectivity index (χ1v) is 10.0. The van der Waals surface area contributed by atoms with E-state index in [0.29, 0.717) is 45.3 Å². The fourth-order valence-electron chi connectivity index (χ4n) is 3.47. The second kappa shape index (κ2) is 8.20. The molecule has 0 aliphatic heterocycles. The van der Waals surface area contributed by atoms with E-state index in [-0.39, 0.29) is 36.0 Å². The van der Waals surface area contributed by atoms with Crippen LogP contribution in [0.5, 0.6) is 0 Å². The molecular weight excluding hydrogens is 415 g/mol. The third-order valence-corrected chi connectivity index (χ3v) is 5.60. The zero-order valence-corrected chi connectivity index (χ0v) is 18.0. The Morgan fingerprint density at radius 3 is 2.38 bits per heavy atom. The van der Waals surface area contributed by atoms with Crippen molar-refractivity contribution in [1.82, 2.24) is 10.6 Å². The summed E-state index contributed by atoms with van der Waals surface area (Å²) in [7, 11) is 0. The first-order valence-electron chi connectivity index (χ1n) is 9.26. The molecule has 29 heavy (non-hydrogen) atoms. The summed E-state index contributed by atoms with van der Waals surface area (Å²) in [5, 5.41) is 6.06. The van der Waals surface area contributed by atoms with Gasteiger partial charge in [-0.1, -0.05) is 37.0 Å². The molecule has 1 heterocycles. The molecule has 1 aromatic heterocycles. The lowest BCUT2D eigenvalue weighted by molar-refractivity contribution is 0.0888. The monoisotopic (exact) mass is 436 g/mol. The van der Waals surface area contributed by atoms with E-state index in [1.165, 1.54) is 6.07 Å². The Bertz CT molecular complexity index is 995. The lowest BCUT2D eigenvalue weighted by Crippen LogP contribution is -2.34. The highest BCUT2D eigenvalue weighted by molar-refractivity contribution is 6.42. The summed E-state index contributed by atoms with van der Waals surface area (Å²) in [5.74, 6) is -0.00861. The maximum atomic E-state index is 12.5. The van der Waals surface area contributed by atoms with Gasteiger partial charge in [-0.3, -0.25) is 14.4 Å². The number of nitrogens with one attached hydrogen (secondary N) is 2. The van der Waals surface area contributed by atoms with Gasteiger partial charge in [-0.2, -0.15) is 0 Å². The molecule has 0 saturated carbocycles. The number of hydrogen-bond donors (Lipinski definition) is 2. The molecule has 3 rings (SSSR count). The molecular formula is C21H22Cl2N2O4. The van der Waals surface area contributed by atoms with Crippen LogP contribution in [0.15, 0.2) is 22.6 Å². The Hall–Kier alpha value is -2.31. The predicted molar refractivity (Wildman–Crippen MR) is 111 cm³/mol. The van der Waals surface area contributed by atoms with E-state index in [1.807, 2.05) is 13.8 Å². The highest BCUT2D eigenvalue weighted by Gasteiger charge is 2.36. The van der Waals surface area contributed by atoms with Crippen molar-refractivity contribution in [2.45, 2.75) is 33.6 Å². The minimum absolute atomic E-state index is 0.00504. The maximum absolute atomic E-state index is 12.5. The summed E-state index contributed by atoms with van der Waals surface area (Å²) in [4.78, 5) is 37.0. The number of rotatable bonds is 5. The number of fused-ring (bicyclic) bond motifs is 1. The normalized spacial score (nSPS) is 15.0. The van der Waals surface area contributed by atoms with Crippen LogP contribution in [0.25, 0.3) is 0 Å². The molecule has 0 fully saturated rings. The summed E-state index contributed by atoms with van der Waals surface area (Å²) in [5.41, 5.74) is 1.29. The van der Waals surface area contributed by atoms with Crippen molar-refractivity contribution >= 4 is 40.8 Å². The highest BCUT2D eigenvalue weighted by atomic mass is 35.5. The van der Waals surface area contributed by atoms with Gasteiger partial charge in [-0.25, -0.2) is 0 Å². The van der Waals surface area contributed by atoms with Crippen molar-refractivity contribution in [2.24, 2.45) is 5.41 Å². The highest BCUT2D eigenvalue weighted by Crippen LogP contribution is 2.38. The molecule has 2 N–H and O–H groups in total. The average Bonchev–Trinajstić information content (AvgIpc) is 2.96. The van der Waals surface area contributed by atoms with Gasteiger partial charge in [0.2, 0.25) is 0 Å². The van der Waals surface area contributed by atoms with Crippen LogP contribution >= 0.6 is 23.2 Å². The maximum Gasteiger partial charge on any atom is 0.287 e. The summed E-state index contributed by atoms with van der Waals surface area (Å²) >= 11 is 11.8. The van der Waals surface area contributed by atoms with Gasteiger partial charge >= 0.3 is 0 Å². The number of Topliss-reactive ketones (excluding diaryl/α,β-unsaturated/α-hetero) is 1. The Kier molecular flexibility index (Phi) is 6.05. The first-order chi connectivity index (χ1) is 13.6. The van der Waals surface area contributed by atoms with Gasteiger partial charge in [0, 0.05) is 37.1 Å². The standard InChI is InChI=1S/C21H22Cl2N2O4/c1-11-17-15(26)9-21(2,3)10-16(17)29-18(11)20(28)25-7-6-24-19(27)12-4-5-13(22)14(23)8-12/h4-5,8H,6-7,9-10H2,1-3H3,(H,24,27)(H,25,28). The molecule has 0 spiro atoms. The third-order valence-electron chi connectivity index (χ3n) is 4.86. The zero-order valence-electron chi connectivity index (χ0n) is 16.4. The second-order valence-corrected chi connectivity index (χ2v) is 8.75. The number of carbonyl (C=O) groups excluding carboxylic acids is 3. The molecule has 1 aliphatic carbocycles. The molecule has 154 valence electrons. The molecule has 1 aliphatic rings. The number of hydrogen-bond acceptors (Lipinski definition) is 4.